The van der Waals surface area contributed by atoms with Crippen molar-refractivity contribution < 1.29 is 18.7 Å². The molecule has 1 aromatic rings. The summed E-state index contributed by atoms with van der Waals surface area (Å²) in [5, 5.41) is 0. The second kappa shape index (κ2) is 5.84. The minimum absolute atomic E-state index is 0.0492. The van der Waals surface area contributed by atoms with Crippen LogP contribution in [0.1, 0.15) is 45.1 Å². The van der Waals surface area contributed by atoms with Crippen molar-refractivity contribution in [3.8, 4) is 0 Å². The van der Waals surface area contributed by atoms with E-state index in [2.05, 4.69) is 0 Å². The first-order valence-electron chi connectivity index (χ1n) is 7.05. The maximum Gasteiger partial charge on any atom is 0.417 e. The number of amides is 2. The number of hydrogen-bond acceptors (Lipinski definition) is 3. The molecule has 0 N–H and O–H groups in total. The molecule has 1 saturated heterocycles. The fourth-order valence-electron chi connectivity index (χ4n) is 2.39. The van der Waals surface area contributed by atoms with Gasteiger partial charge in [0.05, 0.1) is 0 Å². The molecule has 0 aromatic heterocycles. The first-order chi connectivity index (χ1) is 9.76. The van der Waals surface area contributed by atoms with E-state index in [-0.39, 0.29) is 24.1 Å². The number of halogens is 1. The van der Waals surface area contributed by atoms with Crippen LogP contribution in [0.15, 0.2) is 24.3 Å². The maximum atomic E-state index is 13.2. The van der Waals surface area contributed by atoms with E-state index in [1.165, 1.54) is 12.1 Å². The second-order valence-electron chi connectivity index (χ2n) is 6.27. The normalized spacial score (nSPS) is 19.5. The zero-order chi connectivity index (χ0) is 15.6. The lowest BCUT2D eigenvalue weighted by Crippen LogP contribution is -2.44. The van der Waals surface area contributed by atoms with Crippen LogP contribution < -0.4 is 0 Å². The van der Waals surface area contributed by atoms with E-state index in [4.69, 9.17) is 4.74 Å². The summed E-state index contributed by atoms with van der Waals surface area (Å²) in [6, 6.07) is 6.27. The molecule has 2 amide bonds. The van der Waals surface area contributed by atoms with Crippen LogP contribution in [0.25, 0.3) is 0 Å². The molecule has 114 valence electrons. The third-order valence-corrected chi connectivity index (χ3v) is 3.36. The van der Waals surface area contributed by atoms with Crippen LogP contribution in [0.3, 0.4) is 0 Å². The average Bonchev–Trinajstić information content (AvgIpc) is 2.36. The van der Waals surface area contributed by atoms with Gasteiger partial charge in [-0.15, -0.1) is 0 Å². The van der Waals surface area contributed by atoms with Crippen LogP contribution in [-0.2, 0) is 9.53 Å². The van der Waals surface area contributed by atoms with Gasteiger partial charge in [0.2, 0.25) is 5.91 Å². The summed E-state index contributed by atoms with van der Waals surface area (Å²) in [5.74, 6) is -0.633. The summed E-state index contributed by atoms with van der Waals surface area (Å²) in [4.78, 5) is 25.2. The maximum absolute atomic E-state index is 13.2. The van der Waals surface area contributed by atoms with Crippen LogP contribution in [0, 0.1) is 5.82 Å². The van der Waals surface area contributed by atoms with Crippen molar-refractivity contribution in [2.75, 3.05) is 6.54 Å². The van der Waals surface area contributed by atoms with Crippen LogP contribution >= 0.6 is 0 Å². The Labute approximate surface area is 123 Å². The molecule has 21 heavy (non-hydrogen) atoms. The monoisotopic (exact) mass is 293 g/mol. The van der Waals surface area contributed by atoms with Crippen LogP contribution in [0.2, 0.25) is 0 Å². The number of rotatable bonds is 1. The number of hydrogen-bond donors (Lipinski definition) is 0. The van der Waals surface area contributed by atoms with Gasteiger partial charge in [-0.05, 0) is 50.8 Å². The highest BCUT2D eigenvalue weighted by Gasteiger charge is 2.33. The van der Waals surface area contributed by atoms with Gasteiger partial charge in [-0.3, -0.25) is 4.79 Å². The van der Waals surface area contributed by atoms with Crippen molar-refractivity contribution >= 4 is 12.0 Å². The molecule has 1 atom stereocenters. The minimum atomic E-state index is -0.628. The number of carbonyl (C=O) groups excluding carboxylic acids is 2. The summed E-state index contributed by atoms with van der Waals surface area (Å²) in [6.07, 6.45) is 0.210. The Morgan fingerprint density at radius 2 is 2.10 bits per heavy atom. The predicted octanol–water partition coefficient (Wildman–Crippen LogP) is 3.47. The first-order valence-corrected chi connectivity index (χ1v) is 7.05. The number of nitrogens with zero attached hydrogens (tertiary/aromatic N) is 1. The van der Waals surface area contributed by atoms with E-state index in [9.17, 15) is 14.0 Å². The number of ether oxygens (including phenoxy) is 1. The number of imide groups is 1. The lowest BCUT2D eigenvalue weighted by molar-refractivity contribution is -0.132. The smallest absolute Gasteiger partial charge is 0.417 e. The summed E-state index contributed by atoms with van der Waals surface area (Å²) in [7, 11) is 0. The zero-order valence-corrected chi connectivity index (χ0v) is 12.6. The van der Waals surface area contributed by atoms with Gasteiger partial charge in [0.1, 0.15) is 11.4 Å². The Kier molecular flexibility index (Phi) is 4.30. The highest BCUT2D eigenvalue weighted by molar-refractivity contribution is 5.93. The fourth-order valence-corrected chi connectivity index (χ4v) is 2.39. The Balaban J connectivity index is 2.02. The Bertz CT molecular complexity index is 551. The third kappa shape index (κ3) is 4.03. The van der Waals surface area contributed by atoms with Gasteiger partial charge in [-0.1, -0.05) is 12.1 Å². The summed E-state index contributed by atoms with van der Waals surface area (Å²) < 4.78 is 18.5. The molecule has 0 aliphatic carbocycles. The molecule has 0 saturated carbocycles. The van der Waals surface area contributed by atoms with Gasteiger partial charge in [-0.25, -0.2) is 14.1 Å². The minimum Gasteiger partial charge on any atom is -0.443 e. The molecule has 1 aliphatic heterocycles. The Morgan fingerprint density at radius 1 is 1.38 bits per heavy atom. The van der Waals surface area contributed by atoms with Crippen LogP contribution in [0.5, 0.6) is 0 Å². The SMILES string of the molecule is CC(C)(C)OC(=O)N1CCC(c2cccc(F)c2)CC1=O. The Hall–Kier alpha value is -1.91. The standard InChI is InChI=1S/C16H20FNO3/c1-16(2,3)21-15(20)18-8-7-12(10-14(18)19)11-5-4-6-13(17)9-11/h4-6,9,12H,7-8,10H2,1-3H3. The van der Waals surface area contributed by atoms with Gasteiger partial charge in [0, 0.05) is 13.0 Å². The Morgan fingerprint density at radius 3 is 2.67 bits per heavy atom. The van der Waals surface area contributed by atoms with Gasteiger partial charge >= 0.3 is 6.09 Å². The molecule has 2 rings (SSSR count). The van der Waals surface area contributed by atoms with Gasteiger partial charge in [0.25, 0.3) is 0 Å². The fraction of sp³-hybridized carbons (Fsp3) is 0.500. The van der Waals surface area contributed by atoms with Gasteiger partial charge in [-0.2, -0.15) is 0 Å². The van der Waals surface area contributed by atoms with E-state index in [1.807, 2.05) is 6.07 Å². The van der Waals surface area contributed by atoms with Gasteiger partial charge in [0.15, 0.2) is 0 Å². The third-order valence-electron chi connectivity index (χ3n) is 3.36. The average molecular weight is 293 g/mol. The molecule has 0 bridgehead atoms. The summed E-state index contributed by atoms with van der Waals surface area (Å²) in [6.45, 7) is 5.58. The molecule has 1 fully saturated rings. The van der Waals surface area contributed by atoms with Crippen molar-refractivity contribution in [3.63, 3.8) is 0 Å². The van der Waals surface area contributed by atoms with Crippen LogP contribution in [0.4, 0.5) is 9.18 Å². The van der Waals surface area contributed by atoms with E-state index in [1.54, 1.807) is 26.8 Å². The number of piperidine rings is 1. The van der Waals surface area contributed by atoms with Crippen molar-refractivity contribution in [2.45, 2.75) is 45.1 Å². The number of carbonyl (C=O) groups is 2. The largest absolute Gasteiger partial charge is 0.443 e. The van der Waals surface area contributed by atoms with E-state index in [0.29, 0.717) is 13.0 Å². The van der Waals surface area contributed by atoms with Crippen molar-refractivity contribution in [2.24, 2.45) is 0 Å². The lowest BCUT2D eigenvalue weighted by atomic mass is 9.89. The van der Waals surface area contributed by atoms with Crippen molar-refractivity contribution in [1.29, 1.82) is 0 Å². The van der Waals surface area contributed by atoms with E-state index < -0.39 is 11.7 Å². The molecule has 1 unspecified atom stereocenters. The summed E-state index contributed by atoms with van der Waals surface area (Å²) in [5.41, 5.74) is 0.170. The zero-order valence-electron chi connectivity index (χ0n) is 12.6. The molecule has 1 aliphatic rings. The van der Waals surface area contributed by atoms with Crippen molar-refractivity contribution in [1.82, 2.24) is 4.90 Å². The van der Waals surface area contributed by atoms with E-state index in [0.717, 1.165) is 10.5 Å². The lowest BCUT2D eigenvalue weighted by Gasteiger charge is -2.32. The van der Waals surface area contributed by atoms with Crippen LogP contribution in [-0.4, -0.2) is 29.0 Å². The second-order valence-corrected chi connectivity index (χ2v) is 6.27. The molecule has 0 radical (unpaired) electrons. The highest BCUT2D eigenvalue weighted by Crippen LogP contribution is 2.29. The predicted molar refractivity (Wildman–Crippen MR) is 76.3 cm³/mol. The molecule has 1 heterocycles. The van der Waals surface area contributed by atoms with Gasteiger partial charge < -0.3 is 4.74 Å². The molecular weight excluding hydrogens is 273 g/mol. The quantitative estimate of drug-likeness (QED) is 0.796. The molecule has 1 aromatic carbocycles. The molecule has 0 spiro atoms. The molecule has 5 heteroatoms. The van der Waals surface area contributed by atoms with Crippen molar-refractivity contribution in [3.05, 3.63) is 35.6 Å². The van der Waals surface area contributed by atoms with E-state index >= 15 is 0 Å². The molecular formula is C16H20FNO3. The first kappa shape index (κ1) is 15.5. The highest BCUT2D eigenvalue weighted by atomic mass is 19.1. The number of benzene rings is 1. The topological polar surface area (TPSA) is 46.6 Å². The summed E-state index contributed by atoms with van der Waals surface area (Å²) >= 11 is 0. The molecule has 4 nitrogen and oxygen atoms in total. The number of likely N-dealkylation sites (tertiary alicyclic amines) is 1.